The molecule has 0 aromatic carbocycles. The number of H-pyrrole nitrogens is 1. The Morgan fingerprint density at radius 3 is 2.91 bits per heavy atom. The summed E-state index contributed by atoms with van der Waals surface area (Å²) in [6, 6.07) is 1.08. The molecule has 4 N–H and O–H groups in total. The van der Waals surface area contributed by atoms with Crippen LogP contribution in [0.3, 0.4) is 0 Å². The van der Waals surface area contributed by atoms with Crippen LogP contribution in [0, 0.1) is 13.8 Å². The molecule has 0 atom stereocenters. The number of urea groups is 1. The van der Waals surface area contributed by atoms with Crippen LogP contribution in [0.5, 0.6) is 0 Å². The summed E-state index contributed by atoms with van der Waals surface area (Å²) in [5.74, 6) is 0.639. The van der Waals surface area contributed by atoms with E-state index in [1.807, 2.05) is 0 Å². The maximum Gasteiger partial charge on any atom is 0.331 e. The molecule has 0 radical (unpaired) electrons. The normalized spacial score (nSPS) is 13.8. The van der Waals surface area contributed by atoms with Crippen LogP contribution in [0.2, 0.25) is 0 Å². The first-order valence-electron chi connectivity index (χ1n) is 7.08. The van der Waals surface area contributed by atoms with E-state index in [0.717, 1.165) is 29.9 Å². The minimum atomic E-state index is -0.672. The summed E-state index contributed by atoms with van der Waals surface area (Å²) in [5.41, 5.74) is 10.6. The topological polar surface area (TPSA) is 109 Å². The van der Waals surface area contributed by atoms with Crippen molar-refractivity contribution < 1.29 is 9.59 Å². The first-order chi connectivity index (χ1) is 10.5. The van der Waals surface area contributed by atoms with Gasteiger partial charge in [-0.2, -0.15) is 5.10 Å². The maximum absolute atomic E-state index is 12.9. The summed E-state index contributed by atoms with van der Waals surface area (Å²) in [6.07, 6.45) is 3.57. The Balaban J connectivity index is 1.96. The van der Waals surface area contributed by atoms with Crippen LogP contribution in [0.4, 0.5) is 10.6 Å². The minimum absolute atomic E-state index is 0.115. The minimum Gasteiger partial charge on any atom is -0.350 e. The van der Waals surface area contributed by atoms with E-state index in [2.05, 4.69) is 15.6 Å². The number of rotatable bonds is 2. The number of nitrogens with two attached hydrogens (primary N) is 1. The van der Waals surface area contributed by atoms with Gasteiger partial charge in [0.05, 0.1) is 11.8 Å². The smallest absolute Gasteiger partial charge is 0.331 e. The molecule has 3 rings (SSSR count). The Morgan fingerprint density at radius 1 is 1.41 bits per heavy atom. The molecule has 0 bridgehead atoms. The Morgan fingerprint density at radius 2 is 2.18 bits per heavy atom. The molecule has 0 aliphatic carbocycles. The second kappa shape index (κ2) is 5.21. The van der Waals surface area contributed by atoms with E-state index in [9.17, 15) is 9.59 Å². The zero-order chi connectivity index (χ0) is 15.9. The van der Waals surface area contributed by atoms with Crippen molar-refractivity contribution in [1.82, 2.24) is 14.9 Å². The Hall–Kier alpha value is -2.77. The average molecular weight is 302 g/mol. The molecule has 3 amide bonds. The first kappa shape index (κ1) is 14.2. The van der Waals surface area contributed by atoms with Crippen molar-refractivity contribution in [3.8, 4) is 0 Å². The number of aromatic amines is 1. The van der Waals surface area contributed by atoms with Gasteiger partial charge in [0.2, 0.25) is 0 Å². The number of carbonyl (C=O) groups excluding carboxylic acids is 2. The number of primary amides is 1. The quantitative estimate of drug-likeness (QED) is 0.771. The number of anilines is 1. The van der Waals surface area contributed by atoms with Gasteiger partial charge in [0.25, 0.3) is 5.91 Å². The van der Waals surface area contributed by atoms with E-state index in [-0.39, 0.29) is 5.91 Å². The fourth-order valence-corrected chi connectivity index (χ4v) is 2.87. The second-order valence-electron chi connectivity index (χ2n) is 5.40. The third kappa shape index (κ3) is 2.22. The van der Waals surface area contributed by atoms with Crippen LogP contribution in [0.1, 0.15) is 33.7 Å². The van der Waals surface area contributed by atoms with Gasteiger partial charge >= 0.3 is 6.03 Å². The van der Waals surface area contributed by atoms with Crippen LogP contribution in [0.25, 0.3) is 0 Å². The molecular weight excluding hydrogens is 284 g/mol. The number of nitrogens with zero attached hydrogens (tertiary/aromatic N) is 3. The molecule has 8 nitrogen and oxygen atoms in total. The monoisotopic (exact) mass is 302 g/mol. The lowest BCUT2D eigenvalue weighted by Crippen LogP contribution is -2.36. The van der Waals surface area contributed by atoms with Gasteiger partial charge in [-0.25, -0.2) is 10.2 Å². The van der Waals surface area contributed by atoms with Crippen molar-refractivity contribution >= 4 is 17.8 Å². The summed E-state index contributed by atoms with van der Waals surface area (Å²) < 4.78 is 1.52. The van der Waals surface area contributed by atoms with Gasteiger partial charge in [0.1, 0.15) is 5.82 Å². The number of fused-ring (bicyclic) bond motifs is 1. The van der Waals surface area contributed by atoms with Gasteiger partial charge in [-0.15, -0.1) is 0 Å². The lowest BCUT2D eigenvalue weighted by Gasteiger charge is -2.26. The molecule has 8 heteroatoms. The van der Waals surface area contributed by atoms with E-state index in [0.29, 0.717) is 17.8 Å². The standard InChI is InChI=1S/C14H18N6O2/c1-8-6-11(9(2)20(8)18-14(15)22)13(21)19-5-3-4-10-7-16-17-12(10)19/h6-7H,3-5H2,1-2H3,(H,16,17)(H3,15,18,22). The lowest BCUT2D eigenvalue weighted by molar-refractivity contribution is 0.0983. The predicted molar refractivity (Wildman–Crippen MR) is 81.4 cm³/mol. The van der Waals surface area contributed by atoms with E-state index >= 15 is 0 Å². The maximum atomic E-state index is 12.9. The molecule has 0 saturated carbocycles. The van der Waals surface area contributed by atoms with Gasteiger partial charge in [0, 0.05) is 23.5 Å². The molecule has 22 heavy (non-hydrogen) atoms. The van der Waals surface area contributed by atoms with Gasteiger partial charge in [0.15, 0.2) is 0 Å². The number of carbonyl (C=O) groups is 2. The highest BCUT2D eigenvalue weighted by molar-refractivity contribution is 6.07. The molecule has 0 saturated heterocycles. The summed E-state index contributed by atoms with van der Waals surface area (Å²) in [5, 5.41) is 6.91. The third-order valence-electron chi connectivity index (χ3n) is 3.92. The first-order valence-corrected chi connectivity index (χ1v) is 7.08. The van der Waals surface area contributed by atoms with E-state index in [1.54, 1.807) is 31.0 Å². The number of hydrogen-bond donors (Lipinski definition) is 3. The molecular formula is C14H18N6O2. The van der Waals surface area contributed by atoms with E-state index in [1.165, 1.54) is 4.68 Å². The fraction of sp³-hybridized carbons (Fsp3) is 0.357. The molecule has 0 fully saturated rings. The lowest BCUT2D eigenvalue weighted by atomic mass is 10.1. The highest BCUT2D eigenvalue weighted by Crippen LogP contribution is 2.27. The van der Waals surface area contributed by atoms with Crippen LogP contribution in [-0.2, 0) is 6.42 Å². The SMILES string of the molecule is Cc1cc(C(=O)N2CCCc3cn[nH]c32)c(C)n1NC(N)=O. The molecule has 2 aromatic heterocycles. The highest BCUT2D eigenvalue weighted by atomic mass is 16.2. The fourth-order valence-electron chi connectivity index (χ4n) is 2.87. The molecule has 1 aliphatic heterocycles. The highest BCUT2D eigenvalue weighted by Gasteiger charge is 2.27. The predicted octanol–water partition coefficient (Wildman–Crippen LogP) is 1.04. The van der Waals surface area contributed by atoms with Gasteiger partial charge < -0.3 is 5.73 Å². The van der Waals surface area contributed by atoms with Crippen molar-refractivity contribution in [3.63, 3.8) is 0 Å². The van der Waals surface area contributed by atoms with Crippen molar-refractivity contribution in [1.29, 1.82) is 0 Å². The van der Waals surface area contributed by atoms with E-state index in [4.69, 9.17) is 5.73 Å². The van der Waals surface area contributed by atoms with Crippen LogP contribution in [-0.4, -0.2) is 33.4 Å². The van der Waals surface area contributed by atoms with Crippen LogP contribution >= 0.6 is 0 Å². The number of hydrogen-bond acceptors (Lipinski definition) is 3. The van der Waals surface area contributed by atoms with Gasteiger partial charge in [-0.1, -0.05) is 0 Å². The zero-order valence-electron chi connectivity index (χ0n) is 12.5. The Bertz CT molecular complexity index is 745. The van der Waals surface area contributed by atoms with Crippen molar-refractivity contribution in [2.75, 3.05) is 16.9 Å². The van der Waals surface area contributed by atoms with E-state index < -0.39 is 6.03 Å². The summed E-state index contributed by atoms with van der Waals surface area (Å²) in [4.78, 5) is 25.6. The van der Waals surface area contributed by atoms with Crippen molar-refractivity contribution in [2.24, 2.45) is 5.73 Å². The third-order valence-corrected chi connectivity index (χ3v) is 3.92. The number of aryl methyl sites for hydroxylation is 2. The van der Waals surface area contributed by atoms with Crippen molar-refractivity contribution in [2.45, 2.75) is 26.7 Å². The Labute approximate surface area is 127 Å². The summed E-state index contributed by atoms with van der Waals surface area (Å²) >= 11 is 0. The van der Waals surface area contributed by atoms with Gasteiger partial charge in [-0.3, -0.25) is 19.5 Å². The molecule has 0 unspecified atom stereocenters. The number of nitrogens with one attached hydrogen (secondary N) is 2. The second-order valence-corrected chi connectivity index (χ2v) is 5.40. The Kier molecular flexibility index (Phi) is 3.36. The summed E-state index contributed by atoms with van der Waals surface area (Å²) in [7, 11) is 0. The zero-order valence-corrected chi connectivity index (χ0v) is 12.5. The van der Waals surface area contributed by atoms with Crippen molar-refractivity contribution in [3.05, 3.63) is 34.8 Å². The van der Waals surface area contributed by atoms with Gasteiger partial charge in [-0.05, 0) is 32.8 Å². The number of amides is 3. The molecule has 1 aliphatic rings. The molecule has 116 valence electrons. The largest absolute Gasteiger partial charge is 0.350 e. The summed E-state index contributed by atoms with van der Waals surface area (Å²) in [6.45, 7) is 4.21. The van der Waals surface area contributed by atoms with Crippen LogP contribution in [0.15, 0.2) is 12.3 Å². The number of aromatic nitrogens is 3. The van der Waals surface area contributed by atoms with Crippen LogP contribution < -0.4 is 16.1 Å². The molecule has 0 spiro atoms. The molecule has 2 aromatic rings. The molecule has 3 heterocycles. The average Bonchev–Trinajstić information content (AvgIpc) is 3.05.